The maximum atomic E-state index is 13.7. The summed E-state index contributed by atoms with van der Waals surface area (Å²) in [6.07, 6.45) is 1.42. The van der Waals surface area contributed by atoms with E-state index in [0.717, 1.165) is 31.8 Å². The van der Waals surface area contributed by atoms with Crippen LogP contribution in [0.4, 0.5) is 8.78 Å². The van der Waals surface area contributed by atoms with E-state index >= 15 is 0 Å². The first-order valence-electron chi connectivity index (χ1n) is 7.89. The minimum absolute atomic E-state index is 0.00732. The van der Waals surface area contributed by atoms with Gasteiger partial charge in [-0.3, -0.25) is 9.69 Å². The van der Waals surface area contributed by atoms with E-state index in [0.29, 0.717) is 12.8 Å². The molecule has 0 amide bonds. The van der Waals surface area contributed by atoms with Gasteiger partial charge in [-0.2, -0.15) is 0 Å². The SMILES string of the molecule is O=C(c1ccc(F)cc1F)C1CCN(Cc2ccccc2)CC1. The molecule has 120 valence electrons. The van der Waals surface area contributed by atoms with Crippen molar-refractivity contribution in [2.24, 2.45) is 5.92 Å². The van der Waals surface area contributed by atoms with E-state index in [-0.39, 0.29) is 17.3 Å². The largest absolute Gasteiger partial charge is 0.299 e. The van der Waals surface area contributed by atoms with E-state index in [1.165, 1.54) is 11.6 Å². The second-order valence-electron chi connectivity index (χ2n) is 6.02. The number of Topliss-reactive ketones (excluding diaryl/α,β-unsaturated/α-hetero) is 1. The Morgan fingerprint density at radius 2 is 1.74 bits per heavy atom. The molecule has 4 heteroatoms. The molecule has 0 aliphatic carbocycles. The Labute approximate surface area is 134 Å². The van der Waals surface area contributed by atoms with Crippen molar-refractivity contribution in [3.63, 3.8) is 0 Å². The summed E-state index contributed by atoms with van der Waals surface area (Å²) in [6, 6.07) is 13.4. The summed E-state index contributed by atoms with van der Waals surface area (Å²) in [7, 11) is 0. The first kappa shape index (κ1) is 15.8. The maximum Gasteiger partial charge on any atom is 0.168 e. The lowest BCUT2D eigenvalue weighted by molar-refractivity contribution is 0.0830. The van der Waals surface area contributed by atoms with Crippen molar-refractivity contribution in [1.29, 1.82) is 0 Å². The van der Waals surface area contributed by atoms with Crippen LogP contribution in [0.1, 0.15) is 28.8 Å². The average Bonchev–Trinajstić information content (AvgIpc) is 2.56. The number of halogens is 2. The van der Waals surface area contributed by atoms with Gasteiger partial charge in [0.25, 0.3) is 0 Å². The predicted molar refractivity (Wildman–Crippen MR) is 85.1 cm³/mol. The minimum Gasteiger partial charge on any atom is -0.299 e. The third-order valence-corrected chi connectivity index (χ3v) is 4.40. The number of rotatable bonds is 4. The van der Waals surface area contributed by atoms with Crippen molar-refractivity contribution < 1.29 is 13.6 Å². The van der Waals surface area contributed by atoms with Crippen LogP contribution in [-0.4, -0.2) is 23.8 Å². The number of ketones is 1. The molecule has 0 N–H and O–H groups in total. The van der Waals surface area contributed by atoms with Crippen molar-refractivity contribution in [1.82, 2.24) is 4.90 Å². The van der Waals surface area contributed by atoms with Gasteiger partial charge in [-0.05, 0) is 43.6 Å². The lowest BCUT2D eigenvalue weighted by atomic mass is 9.88. The van der Waals surface area contributed by atoms with Gasteiger partial charge in [0.2, 0.25) is 0 Å². The van der Waals surface area contributed by atoms with Gasteiger partial charge in [0.05, 0.1) is 5.56 Å². The van der Waals surface area contributed by atoms with Crippen LogP contribution in [0, 0.1) is 17.6 Å². The molecule has 0 unspecified atom stereocenters. The topological polar surface area (TPSA) is 20.3 Å². The molecule has 0 atom stereocenters. The first-order valence-corrected chi connectivity index (χ1v) is 7.89. The van der Waals surface area contributed by atoms with Gasteiger partial charge in [-0.1, -0.05) is 30.3 Å². The fourth-order valence-electron chi connectivity index (χ4n) is 3.10. The van der Waals surface area contributed by atoms with Gasteiger partial charge in [0.1, 0.15) is 11.6 Å². The Morgan fingerprint density at radius 3 is 2.39 bits per heavy atom. The molecule has 1 saturated heterocycles. The molecule has 23 heavy (non-hydrogen) atoms. The highest BCUT2D eigenvalue weighted by atomic mass is 19.1. The van der Waals surface area contributed by atoms with Crippen molar-refractivity contribution in [3.8, 4) is 0 Å². The van der Waals surface area contributed by atoms with Crippen molar-refractivity contribution in [2.45, 2.75) is 19.4 Å². The standard InChI is InChI=1S/C19H19F2NO/c20-16-6-7-17(18(21)12-16)19(23)15-8-10-22(11-9-15)13-14-4-2-1-3-5-14/h1-7,12,15H,8-11,13H2. The molecule has 0 radical (unpaired) electrons. The number of carbonyl (C=O) groups is 1. The van der Waals surface area contributed by atoms with E-state index < -0.39 is 11.6 Å². The van der Waals surface area contributed by atoms with E-state index in [4.69, 9.17) is 0 Å². The third kappa shape index (κ3) is 3.82. The highest BCUT2D eigenvalue weighted by Crippen LogP contribution is 2.24. The Balaban J connectivity index is 1.59. The van der Waals surface area contributed by atoms with Crippen molar-refractivity contribution in [2.75, 3.05) is 13.1 Å². The van der Waals surface area contributed by atoms with E-state index in [1.807, 2.05) is 18.2 Å². The van der Waals surface area contributed by atoms with Crippen LogP contribution < -0.4 is 0 Å². The molecule has 2 aromatic rings. The summed E-state index contributed by atoms with van der Waals surface area (Å²) in [5.74, 6) is -1.80. The molecule has 0 spiro atoms. The number of piperidine rings is 1. The zero-order chi connectivity index (χ0) is 16.2. The van der Waals surface area contributed by atoms with Crippen LogP contribution in [0.15, 0.2) is 48.5 Å². The molecule has 0 aromatic heterocycles. The quantitative estimate of drug-likeness (QED) is 0.793. The molecule has 1 aliphatic heterocycles. The number of hydrogen-bond acceptors (Lipinski definition) is 2. The number of likely N-dealkylation sites (tertiary alicyclic amines) is 1. The fraction of sp³-hybridized carbons (Fsp3) is 0.316. The maximum absolute atomic E-state index is 13.7. The summed E-state index contributed by atoms with van der Waals surface area (Å²) < 4.78 is 26.7. The average molecular weight is 315 g/mol. The molecule has 2 nitrogen and oxygen atoms in total. The Bertz CT molecular complexity index is 679. The van der Waals surface area contributed by atoms with E-state index in [1.54, 1.807) is 0 Å². The van der Waals surface area contributed by atoms with Gasteiger partial charge in [0, 0.05) is 18.5 Å². The Hall–Kier alpha value is -2.07. The normalized spacial score (nSPS) is 16.4. The molecule has 2 aromatic carbocycles. The molecule has 0 bridgehead atoms. The van der Waals surface area contributed by atoms with Gasteiger partial charge in [0.15, 0.2) is 5.78 Å². The highest BCUT2D eigenvalue weighted by Gasteiger charge is 2.27. The predicted octanol–water partition coefficient (Wildman–Crippen LogP) is 4.06. The first-order chi connectivity index (χ1) is 11.1. The zero-order valence-corrected chi connectivity index (χ0v) is 12.8. The fourth-order valence-corrected chi connectivity index (χ4v) is 3.10. The minimum atomic E-state index is -0.762. The van der Waals surface area contributed by atoms with Gasteiger partial charge >= 0.3 is 0 Å². The Morgan fingerprint density at radius 1 is 1.04 bits per heavy atom. The third-order valence-electron chi connectivity index (χ3n) is 4.40. The molecule has 0 saturated carbocycles. The van der Waals surface area contributed by atoms with Crippen molar-refractivity contribution in [3.05, 3.63) is 71.3 Å². The molecule has 1 fully saturated rings. The molecular weight excluding hydrogens is 296 g/mol. The van der Waals surface area contributed by atoms with Crippen molar-refractivity contribution >= 4 is 5.78 Å². The number of hydrogen-bond donors (Lipinski definition) is 0. The summed E-state index contributed by atoms with van der Waals surface area (Å²) >= 11 is 0. The molecule has 3 rings (SSSR count). The smallest absolute Gasteiger partial charge is 0.168 e. The number of carbonyl (C=O) groups excluding carboxylic acids is 1. The van der Waals surface area contributed by atoms with E-state index in [2.05, 4.69) is 17.0 Å². The molecule has 1 aliphatic rings. The van der Waals surface area contributed by atoms with Gasteiger partial charge in [-0.15, -0.1) is 0 Å². The van der Waals surface area contributed by atoms with Crippen LogP contribution in [-0.2, 0) is 6.54 Å². The van der Waals surface area contributed by atoms with Crippen LogP contribution in [0.3, 0.4) is 0 Å². The number of benzene rings is 2. The van der Waals surface area contributed by atoms with Gasteiger partial charge in [-0.25, -0.2) is 8.78 Å². The monoisotopic (exact) mass is 315 g/mol. The number of nitrogens with zero attached hydrogens (tertiary/aromatic N) is 1. The van der Waals surface area contributed by atoms with Crippen LogP contribution in [0.25, 0.3) is 0 Å². The zero-order valence-electron chi connectivity index (χ0n) is 12.8. The molecular formula is C19H19F2NO. The summed E-state index contributed by atoms with van der Waals surface area (Å²) in [6.45, 7) is 2.49. The van der Waals surface area contributed by atoms with Crippen LogP contribution in [0.5, 0.6) is 0 Å². The second-order valence-corrected chi connectivity index (χ2v) is 6.02. The van der Waals surface area contributed by atoms with Crippen LogP contribution in [0.2, 0.25) is 0 Å². The van der Waals surface area contributed by atoms with Crippen LogP contribution >= 0.6 is 0 Å². The lowest BCUT2D eigenvalue weighted by Gasteiger charge is -2.31. The highest BCUT2D eigenvalue weighted by molar-refractivity contribution is 5.98. The van der Waals surface area contributed by atoms with E-state index in [9.17, 15) is 13.6 Å². The summed E-state index contributed by atoms with van der Waals surface area (Å²) in [5.41, 5.74) is 1.26. The Kier molecular flexibility index (Phi) is 4.82. The summed E-state index contributed by atoms with van der Waals surface area (Å²) in [5, 5.41) is 0. The summed E-state index contributed by atoms with van der Waals surface area (Å²) in [4.78, 5) is 14.7. The second kappa shape index (κ2) is 7.01. The van der Waals surface area contributed by atoms with Gasteiger partial charge < -0.3 is 0 Å². The lowest BCUT2D eigenvalue weighted by Crippen LogP contribution is -2.36. The molecule has 1 heterocycles.